The standard InChI is InChI=1S/2C14H32P2.C2H2.2Pd/c2*1-11(2)15(12(3)4)9-10-16(13(5)6)14(7)8;1-2;;/h2*11-14H,9-10H2,1-8H3;1-2H;;. The summed E-state index contributed by atoms with van der Waals surface area (Å²) in [7, 11) is 1.02. The van der Waals surface area contributed by atoms with Crippen molar-refractivity contribution in [3.63, 3.8) is 0 Å². The summed E-state index contributed by atoms with van der Waals surface area (Å²) in [5.41, 5.74) is 7.27. The maximum Gasteiger partial charge on any atom is 0 e. The molecule has 0 spiro atoms. The smallest absolute Gasteiger partial charge is 0 e. The molecule has 0 unspecified atom stereocenters. The van der Waals surface area contributed by atoms with Crippen LogP contribution in [0.25, 0.3) is 0 Å². The Kier molecular flexibility index (Phi) is 37.3. The fourth-order valence-electron chi connectivity index (χ4n) is 4.91. The van der Waals surface area contributed by atoms with Crippen LogP contribution in [0.4, 0.5) is 0 Å². The number of terminal acetylenes is 1. The first kappa shape index (κ1) is 48.3. The van der Waals surface area contributed by atoms with Gasteiger partial charge < -0.3 is 0 Å². The van der Waals surface area contributed by atoms with E-state index in [0.717, 1.165) is 45.3 Å². The summed E-state index contributed by atoms with van der Waals surface area (Å²) in [4.78, 5) is 0. The topological polar surface area (TPSA) is 0 Å². The van der Waals surface area contributed by atoms with Crippen LogP contribution in [0.1, 0.15) is 111 Å². The van der Waals surface area contributed by atoms with Crippen molar-refractivity contribution in [3.05, 3.63) is 0 Å². The van der Waals surface area contributed by atoms with Gasteiger partial charge in [-0.15, -0.1) is 44.5 Å². The molecule has 0 aliphatic carbocycles. The van der Waals surface area contributed by atoms with Crippen LogP contribution in [0.5, 0.6) is 0 Å². The Morgan fingerprint density at radius 2 is 0.389 bits per heavy atom. The van der Waals surface area contributed by atoms with Crippen molar-refractivity contribution in [3.8, 4) is 12.8 Å². The minimum atomic E-state index is 0. The van der Waals surface area contributed by atoms with E-state index in [1.54, 1.807) is 0 Å². The van der Waals surface area contributed by atoms with Gasteiger partial charge in [0, 0.05) is 40.8 Å². The normalized spacial score (nSPS) is 11.7. The largest absolute Gasteiger partial charge is 0.124 e. The third-order valence-corrected chi connectivity index (χ3v) is 20.8. The second kappa shape index (κ2) is 27.8. The SMILES string of the molecule is C#C.CC(C)P(CCP(C(C)C)C(C)C)C(C)C.CC(C)P(CCP(C(C)C)C(C)C)C(C)C.[Pd].[Pd]. The van der Waals surface area contributed by atoms with Crippen molar-refractivity contribution in [2.75, 3.05) is 24.6 Å². The van der Waals surface area contributed by atoms with Gasteiger partial charge in [0.1, 0.15) is 0 Å². The van der Waals surface area contributed by atoms with E-state index >= 15 is 0 Å². The summed E-state index contributed by atoms with van der Waals surface area (Å²) in [5.74, 6) is 0. The zero-order valence-corrected chi connectivity index (χ0v) is 33.7. The van der Waals surface area contributed by atoms with Crippen molar-refractivity contribution in [1.82, 2.24) is 0 Å². The fourth-order valence-corrected chi connectivity index (χ4v) is 17.5. The summed E-state index contributed by atoms with van der Waals surface area (Å²) in [6.07, 6.45) is 14.0. The molecular formula is C30H66P4Pd2. The molecule has 0 aliphatic rings. The average molecular weight is 764 g/mol. The molecule has 0 aromatic heterocycles. The van der Waals surface area contributed by atoms with Crippen molar-refractivity contribution >= 4 is 31.7 Å². The Labute approximate surface area is 264 Å². The average Bonchev–Trinajstić information content (AvgIpc) is 2.68. The summed E-state index contributed by atoms with van der Waals surface area (Å²) in [6, 6.07) is 0. The van der Waals surface area contributed by atoms with E-state index in [9.17, 15) is 0 Å². The Bertz CT molecular complexity index is 363. The van der Waals surface area contributed by atoms with Crippen LogP contribution in [0.3, 0.4) is 0 Å². The molecule has 0 saturated heterocycles. The maximum absolute atomic E-state index is 4.00. The predicted molar refractivity (Wildman–Crippen MR) is 178 cm³/mol. The first-order chi connectivity index (χ1) is 15.5. The van der Waals surface area contributed by atoms with E-state index in [4.69, 9.17) is 0 Å². The first-order valence-corrected chi connectivity index (χ1v) is 20.6. The Morgan fingerprint density at radius 1 is 0.306 bits per heavy atom. The van der Waals surface area contributed by atoms with Crippen LogP contribution in [-0.2, 0) is 40.8 Å². The van der Waals surface area contributed by atoms with E-state index in [1.807, 2.05) is 0 Å². The molecular weight excluding hydrogens is 697 g/mol. The third-order valence-electron chi connectivity index (χ3n) is 6.54. The van der Waals surface area contributed by atoms with Gasteiger partial charge in [-0.1, -0.05) is 111 Å². The van der Waals surface area contributed by atoms with Gasteiger partial charge in [-0.3, -0.25) is 0 Å². The molecule has 0 amide bonds. The molecule has 36 heavy (non-hydrogen) atoms. The van der Waals surface area contributed by atoms with Crippen LogP contribution in [-0.4, -0.2) is 69.9 Å². The van der Waals surface area contributed by atoms with E-state index in [1.165, 1.54) is 24.6 Å². The monoisotopic (exact) mass is 762 g/mol. The molecule has 0 N–H and O–H groups in total. The Hall–Kier alpha value is 2.60. The molecule has 0 bridgehead atoms. The molecule has 226 valence electrons. The van der Waals surface area contributed by atoms with Crippen molar-refractivity contribution in [2.45, 2.75) is 156 Å². The molecule has 6 heteroatoms. The molecule has 0 aromatic carbocycles. The number of hydrogen-bond donors (Lipinski definition) is 0. The second-order valence-corrected chi connectivity index (χ2v) is 25.9. The summed E-state index contributed by atoms with van der Waals surface area (Å²) in [6.45, 7) is 38.6. The van der Waals surface area contributed by atoms with Gasteiger partial charge in [0.15, 0.2) is 0 Å². The Morgan fingerprint density at radius 3 is 0.444 bits per heavy atom. The summed E-state index contributed by atoms with van der Waals surface area (Å²) >= 11 is 0. The minimum absolute atomic E-state index is 0. The van der Waals surface area contributed by atoms with Gasteiger partial charge in [-0.05, 0) is 69.9 Å². The number of hydrogen-bond acceptors (Lipinski definition) is 0. The van der Waals surface area contributed by atoms with Gasteiger partial charge in [0.25, 0.3) is 0 Å². The van der Waals surface area contributed by atoms with Gasteiger partial charge in [-0.25, -0.2) is 0 Å². The van der Waals surface area contributed by atoms with Crippen molar-refractivity contribution < 1.29 is 40.8 Å². The molecule has 0 atom stereocenters. The van der Waals surface area contributed by atoms with Gasteiger partial charge >= 0.3 is 0 Å². The van der Waals surface area contributed by atoms with Crippen LogP contribution in [0.15, 0.2) is 0 Å². The van der Waals surface area contributed by atoms with E-state index < -0.39 is 0 Å². The van der Waals surface area contributed by atoms with E-state index in [0.29, 0.717) is 0 Å². The molecule has 0 radical (unpaired) electrons. The molecule has 0 aromatic rings. The predicted octanol–water partition coefficient (Wildman–Crippen LogP) is 11.4. The Balaban J connectivity index is -0.000000158. The van der Waals surface area contributed by atoms with Crippen LogP contribution in [0.2, 0.25) is 0 Å². The zero-order chi connectivity index (χ0) is 27.8. The molecule has 0 heterocycles. The van der Waals surface area contributed by atoms with Crippen LogP contribution >= 0.6 is 31.7 Å². The van der Waals surface area contributed by atoms with Crippen LogP contribution < -0.4 is 0 Å². The number of rotatable bonds is 14. The molecule has 0 rings (SSSR count). The molecule has 0 saturated carbocycles. The summed E-state index contributed by atoms with van der Waals surface area (Å²) in [5, 5.41) is 0. The summed E-state index contributed by atoms with van der Waals surface area (Å²) < 4.78 is 0. The quantitative estimate of drug-likeness (QED) is 0.0939. The van der Waals surface area contributed by atoms with Crippen molar-refractivity contribution in [2.24, 2.45) is 0 Å². The van der Waals surface area contributed by atoms with Gasteiger partial charge in [0.2, 0.25) is 0 Å². The minimum Gasteiger partial charge on any atom is -0.124 e. The van der Waals surface area contributed by atoms with E-state index in [-0.39, 0.29) is 72.5 Å². The first-order valence-electron chi connectivity index (χ1n) is 13.9. The fraction of sp³-hybridized carbons (Fsp3) is 0.933. The van der Waals surface area contributed by atoms with Gasteiger partial charge in [0.05, 0.1) is 0 Å². The zero-order valence-electron chi connectivity index (χ0n) is 27.0. The third kappa shape index (κ3) is 23.3. The molecule has 0 aliphatic heterocycles. The van der Waals surface area contributed by atoms with Crippen LogP contribution in [0, 0.1) is 12.8 Å². The van der Waals surface area contributed by atoms with Gasteiger partial charge in [-0.2, -0.15) is 0 Å². The van der Waals surface area contributed by atoms with E-state index in [2.05, 4.69) is 124 Å². The van der Waals surface area contributed by atoms with Crippen molar-refractivity contribution in [1.29, 1.82) is 0 Å². The molecule has 0 fully saturated rings. The second-order valence-electron chi connectivity index (χ2n) is 11.7. The maximum atomic E-state index is 4.00. The molecule has 0 nitrogen and oxygen atoms in total.